The first-order valence-corrected chi connectivity index (χ1v) is 11.1. The Morgan fingerprint density at radius 2 is 1.74 bits per heavy atom. The van der Waals surface area contributed by atoms with Gasteiger partial charge < -0.3 is 19.1 Å². The molecule has 174 valence electrons. The smallest absolute Gasteiger partial charge is 0.299 e. The molecule has 0 spiro atoms. The monoisotopic (exact) mass is 460 g/mol. The minimum atomic E-state index is -0.689. The molecule has 1 unspecified atom stereocenters. The van der Waals surface area contributed by atoms with E-state index in [4.69, 9.17) is 14.0 Å². The fraction of sp³-hybridized carbons (Fsp3) is 0.269. The number of benzene rings is 2. The summed E-state index contributed by atoms with van der Waals surface area (Å²) < 4.78 is 15.6. The van der Waals surface area contributed by atoms with Crippen molar-refractivity contribution in [2.75, 3.05) is 25.2 Å². The number of aliphatic hydroxyl groups excluding tert-OH is 1. The summed E-state index contributed by atoms with van der Waals surface area (Å²) in [6.07, 6.45) is 2.85. The predicted molar refractivity (Wildman–Crippen MR) is 124 cm³/mol. The van der Waals surface area contributed by atoms with E-state index in [1.807, 2.05) is 12.1 Å². The van der Waals surface area contributed by atoms with Gasteiger partial charge in [-0.05, 0) is 55.2 Å². The van der Waals surface area contributed by atoms with Gasteiger partial charge in [0.1, 0.15) is 23.5 Å². The van der Waals surface area contributed by atoms with Gasteiger partial charge in [0.2, 0.25) is 0 Å². The first-order valence-electron chi connectivity index (χ1n) is 11.1. The van der Waals surface area contributed by atoms with Crippen LogP contribution in [-0.4, -0.2) is 48.3 Å². The zero-order valence-electron chi connectivity index (χ0n) is 18.6. The number of hydrogen-bond acceptors (Lipinski definition) is 7. The normalized spacial score (nSPS) is 20.6. The van der Waals surface area contributed by atoms with Crippen LogP contribution >= 0.6 is 0 Å². The van der Waals surface area contributed by atoms with Crippen molar-refractivity contribution >= 4 is 23.1 Å². The number of carbonyl (C=O) groups is 2. The Morgan fingerprint density at radius 1 is 1.03 bits per heavy atom. The number of aromatic nitrogens is 1. The van der Waals surface area contributed by atoms with Crippen molar-refractivity contribution in [2.24, 2.45) is 5.92 Å². The van der Waals surface area contributed by atoms with Crippen LogP contribution in [0, 0.1) is 5.92 Å². The molecule has 1 atom stereocenters. The third-order valence-electron chi connectivity index (χ3n) is 6.44. The second kappa shape index (κ2) is 9.15. The summed E-state index contributed by atoms with van der Waals surface area (Å²) in [4.78, 5) is 28.0. The van der Waals surface area contributed by atoms with Crippen LogP contribution in [0.1, 0.15) is 18.4 Å². The number of amides is 1. The molecule has 5 rings (SSSR count). The van der Waals surface area contributed by atoms with Gasteiger partial charge in [-0.2, -0.15) is 0 Å². The molecular formula is C26H24N2O6. The number of aliphatic hydroxyl groups is 1. The highest BCUT2D eigenvalue weighted by Gasteiger charge is 2.49. The van der Waals surface area contributed by atoms with Crippen LogP contribution in [0.3, 0.4) is 0 Å². The van der Waals surface area contributed by atoms with E-state index in [1.54, 1.807) is 49.6 Å². The molecular weight excluding hydrogens is 436 g/mol. The summed E-state index contributed by atoms with van der Waals surface area (Å²) in [5.74, 6) is -0.926. The minimum Gasteiger partial charge on any atom is -0.507 e. The minimum absolute atomic E-state index is 0.0326. The number of ether oxygens (including phenoxy) is 2. The lowest BCUT2D eigenvalue weighted by Crippen LogP contribution is -2.41. The van der Waals surface area contributed by atoms with E-state index in [0.29, 0.717) is 48.7 Å². The van der Waals surface area contributed by atoms with Gasteiger partial charge in [-0.3, -0.25) is 14.5 Å². The quantitative estimate of drug-likeness (QED) is 0.348. The van der Waals surface area contributed by atoms with Gasteiger partial charge in [-0.25, -0.2) is 0 Å². The number of Topliss-reactive ketones (excluding diaryl/α,β-unsaturated/α-hetero) is 1. The molecule has 2 aromatic carbocycles. The Morgan fingerprint density at radius 3 is 2.35 bits per heavy atom. The molecule has 1 N–H and O–H groups in total. The van der Waals surface area contributed by atoms with Gasteiger partial charge in [0.25, 0.3) is 11.7 Å². The molecule has 8 nitrogen and oxygen atoms in total. The van der Waals surface area contributed by atoms with Crippen molar-refractivity contribution in [2.45, 2.75) is 18.9 Å². The Labute approximate surface area is 196 Å². The average Bonchev–Trinajstić information content (AvgIpc) is 3.52. The summed E-state index contributed by atoms with van der Waals surface area (Å²) in [5, 5.41) is 15.1. The van der Waals surface area contributed by atoms with Crippen molar-refractivity contribution in [1.82, 2.24) is 5.16 Å². The van der Waals surface area contributed by atoms with Crippen molar-refractivity contribution in [1.29, 1.82) is 0 Å². The molecule has 8 heteroatoms. The molecule has 2 aliphatic rings. The second-order valence-electron chi connectivity index (χ2n) is 8.32. The SMILES string of the molecule is COc1ccc(C(O)=C2C(=O)C(=O)N(c3ccc(-c4ccon4)cc3)C2C2CCOCC2)cc1. The topological polar surface area (TPSA) is 102 Å². The van der Waals surface area contributed by atoms with Crippen molar-refractivity contribution in [3.05, 3.63) is 72.0 Å². The number of hydrogen-bond donors (Lipinski definition) is 1. The molecule has 1 amide bonds. The number of rotatable bonds is 5. The lowest BCUT2D eigenvalue weighted by Gasteiger charge is -2.34. The highest BCUT2D eigenvalue weighted by atomic mass is 16.5. The first kappa shape index (κ1) is 21.9. The number of methoxy groups -OCH3 is 1. The molecule has 1 aromatic heterocycles. The molecule has 0 aliphatic carbocycles. The molecule has 0 bridgehead atoms. The third-order valence-corrected chi connectivity index (χ3v) is 6.44. The van der Waals surface area contributed by atoms with E-state index in [0.717, 1.165) is 5.56 Å². The van der Waals surface area contributed by atoms with Gasteiger partial charge in [0.15, 0.2) is 0 Å². The number of anilines is 1. The van der Waals surface area contributed by atoms with Crippen molar-refractivity contribution in [3.8, 4) is 17.0 Å². The van der Waals surface area contributed by atoms with Crippen LogP contribution in [0.25, 0.3) is 17.0 Å². The van der Waals surface area contributed by atoms with Gasteiger partial charge in [-0.15, -0.1) is 0 Å². The average molecular weight is 460 g/mol. The zero-order chi connectivity index (χ0) is 23.7. The number of carbonyl (C=O) groups excluding carboxylic acids is 2. The number of ketones is 1. The van der Waals surface area contributed by atoms with Crippen LogP contribution in [0.5, 0.6) is 5.75 Å². The Kier molecular flexibility index (Phi) is 5.90. The molecule has 0 saturated carbocycles. The molecule has 3 heterocycles. The van der Waals surface area contributed by atoms with Crippen molar-refractivity contribution < 1.29 is 28.7 Å². The van der Waals surface area contributed by atoms with Crippen LogP contribution in [0.15, 0.2) is 71.0 Å². The van der Waals surface area contributed by atoms with Crippen LogP contribution in [0.2, 0.25) is 0 Å². The summed E-state index contributed by atoms with van der Waals surface area (Å²) in [5.41, 5.74) is 2.67. The van der Waals surface area contributed by atoms with Gasteiger partial charge in [0, 0.05) is 36.1 Å². The third kappa shape index (κ3) is 3.86. The summed E-state index contributed by atoms with van der Waals surface area (Å²) >= 11 is 0. The fourth-order valence-electron chi connectivity index (χ4n) is 4.68. The highest BCUT2D eigenvalue weighted by Crippen LogP contribution is 2.40. The van der Waals surface area contributed by atoms with Gasteiger partial charge in [0.05, 0.1) is 18.7 Å². The molecule has 2 fully saturated rings. The second-order valence-corrected chi connectivity index (χ2v) is 8.32. The summed E-state index contributed by atoms with van der Waals surface area (Å²) in [6.45, 7) is 1.08. The lowest BCUT2D eigenvalue weighted by atomic mass is 9.85. The maximum absolute atomic E-state index is 13.3. The zero-order valence-corrected chi connectivity index (χ0v) is 18.6. The maximum atomic E-state index is 13.3. The van der Waals surface area contributed by atoms with E-state index in [9.17, 15) is 14.7 Å². The fourth-order valence-corrected chi connectivity index (χ4v) is 4.68. The summed E-state index contributed by atoms with van der Waals surface area (Å²) in [7, 11) is 1.56. The largest absolute Gasteiger partial charge is 0.507 e. The van der Waals surface area contributed by atoms with Crippen LogP contribution in [-0.2, 0) is 14.3 Å². The van der Waals surface area contributed by atoms with Gasteiger partial charge in [-0.1, -0.05) is 17.3 Å². The lowest BCUT2D eigenvalue weighted by molar-refractivity contribution is -0.132. The molecule has 34 heavy (non-hydrogen) atoms. The van der Waals surface area contributed by atoms with E-state index >= 15 is 0 Å². The Bertz CT molecular complexity index is 1210. The first-order chi connectivity index (χ1) is 16.6. The molecule has 3 aromatic rings. The van der Waals surface area contributed by atoms with E-state index in [1.165, 1.54) is 11.2 Å². The highest BCUT2D eigenvalue weighted by molar-refractivity contribution is 6.51. The Balaban J connectivity index is 1.58. The molecule has 0 radical (unpaired) electrons. The summed E-state index contributed by atoms with van der Waals surface area (Å²) in [6, 6.07) is 15.2. The standard InChI is InChI=1S/C26H24N2O6/c1-32-20-8-4-18(5-9-20)24(29)22-23(17-10-13-33-14-11-17)28(26(31)25(22)30)19-6-2-16(3-7-19)21-12-15-34-27-21/h2-9,12,15,17,23,29H,10-11,13-14H2,1H3. The maximum Gasteiger partial charge on any atom is 0.299 e. The van der Waals surface area contributed by atoms with E-state index in [-0.39, 0.29) is 17.3 Å². The Hall–Kier alpha value is -3.91. The van der Waals surface area contributed by atoms with E-state index in [2.05, 4.69) is 5.16 Å². The predicted octanol–water partition coefficient (Wildman–Crippen LogP) is 4.03. The number of nitrogens with zero attached hydrogens (tertiary/aromatic N) is 2. The van der Waals surface area contributed by atoms with Crippen LogP contribution in [0.4, 0.5) is 5.69 Å². The molecule has 2 aliphatic heterocycles. The van der Waals surface area contributed by atoms with E-state index < -0.39 is 17.7 Å². The van der Waals surface area contributed by atoms with Gasteiger partial charge >= 0.3 is 0 Å². The molecule has 2 saturated heterocycles. The van der Waals surface area contributed by atoms with Crippen LogP contribution < -0.4 is 9.64 Å². The van der Waals surface area contributed by atoms with Crippen molar-refractivity contribution in [3.63, 3.8) is 0 Å².